The van der Waals surface area contributed by atoms with Crippen LogP contribution in [-0.4, -0.2) is 21.0 Å². The van der Waals surface area contributed by atoms with E-state index in [1.807, 2.05) is 36.4 Å². The van der Waals surface area contributed by atoms with Crippen LogP contribution in [0.4, 0.5) is 17.5 Å². The van der Waals surface area contributed by atoms with Crippen LogP contribution in [0.2, 0.25) is 5.02 Å². The number of pyridine rings is 1. The molecule has 0 unspecified atom stereocenters. The third-order valence-corrected chi connectivity index (χ3v) is 4.85. The van der Waals surface area contributed by atoms with Gasteiger partial charge in [0.25, 0.3) is 0 Å². The molecule has 0 radical (unpaired) electrons. The zero-order valence-corrected chi connectivity index (χ0v) is 17.4. The highest BCUT2D eigenvalue weighted by Crippen LogP contribution is 2.28. The van der Waals surface area contributed by atoms with Crippen LogP contribution >= 0.6 is 34.2 Å². The molecule has 0 bridgehead atoms. The minimum atomic E-state index is 0.272. The molecule has 134 valence electrons. The maximum absolute atomic E-state index is 6.35. The summed E-state index contributed by atoms with van der Waals surface area (Å²) in [5.74, 6) is 1.25. The lowest BCUT2D eigenvalue weighted by atomic mass is 10.2. The van der Waals surface area contributed by atoms with Gasteiger partial charge in [0.05, 0.1) is 16.4 Å². The van der Waals surface area contributed by atoms with E-state index in [1.54, 1.807) is 12.4 Å². The number of hydrogen-bond acceptors (Lipinski definition) is 5. The number of rotatable bonds is 6. The zero-order valence-electron chi connectivity index (χ0n) is 14.5. The Hall–Kier alpha value is -1.93. The molecule has 0 saturated heterocycles. The van der Waals surface area contributed by atoms with Gasteiger partial charge >= 0.3 is 0 Å². The fraction of sp³-hybridized carbons (Fsp3) is 0.211. The van der Waals surface area contributed by atoms with E-state index in [2.05, 4.69) is 62.0 Å². The predicted molar refractivity (Wildman–Crippen MR) is 116 cm³/mol. The highest BCUT2D eigenvalue weighted by Gasteiger charge is 2.10. The molecule has 1 atom stereocenters. The van der Waals surface area contributed by atoms with Gasteiger partial charge in [-0.3, -0.25) is 4.98 Å². The lowest BCUT2D eigenvalue weighted by Crippen LogP contribution is -2.16. The summed E-state index contributed by atoms with van der Waals surface area (Å²) in [5, 5.41) is 7.28. The first kappa shape index (κ1) is 18.8. The molecule has 1 aromatic carbocycles. The Bertz CT molecular complexity index is 888. The van der Waals surface area contributed by atoms with E-state index < -0.39 is 0 Å². The van der Waals surface area contributed by atoms with E-state index in [0.29, 0.717) is 16.8 Å². The van der Waals surface area contributed by atoms with Gasteiger partial charge in [0, 0.05) is 33.6 Å². The second-order valence-electron chi connectivity index (χ2n) is 5.91. The van der Waals surface area contributed by atoms with Crippen molar-refractivity contribution in [2.24, 2.45) is 0 Å². The quantitative estimate of drug-likeness (QED) is 0.441. The first-order chi connectivity index (χ1) is 12.5. The lowest BCUT2D eigenvalue weighted by molar-refractivity contribution is 0.753. The highest BCUT2D eigenvalue weighted by molar-refractivity contribution is 14.1. The Morgan fingerprint density at radius 2 is 2.04 bits per heavy atom. The summed E-state index contributed by atoms with van der Waals surface area (Å²) >= 11 is 8.58. The summed E-state index contributed by atoms with van der Waals surface area (Å²) in [6.45, 7) is 4.22. The van der Waals surface area contributed by atoms with E-state index in [4.69, 9.17) is 11.6 Å². The molecular formula is C19H19ClIN5. The molecule has 3 aromatic rings. The summed E-state index contributed by atoms with van der Waals surface area (Å²) in [5.41, 5.74) is 2.53. The third-order valence-electron chi connectivity index (χ3n) is 3.87. The number of anilines is 3. The number of aromatic nitrogens is 3. The van der Waals surface area contributed by atoms with Gasteiger partial charge in [-0.05, 0) is 66.3 Å². The van der Waals surface area contributed by atoms with E-state index in [0.717, 1.165) is 26.9 Å². The van der Waals surface area contributed by atoms with Crippen LogP contribution in [0.15, 0.2) is 48.8 Å². The van der Waals surface area contributed by atoms with Crippen LogP contribution in [0, 0.1) is 3.57 Å². The lowest BCUT2D eigenvalue weighted by Gasteiger charge is -2.15. The van der Waals surface area contributed by atoms with Crippen LogP contribution in [0.3, 0.4) is 0 Å². The Balaban J connectivity index is 1.98. The van der Waals surface area contributed by atoms with Crippen molar-refractivity contribution < 1.29 is 0 Å². The Kier molecular flexibility index (Phi) is 6.26. The fourth-order valence-electron chi connectivity index (χ4n) is 2.29. The molecule has 3 rings (SSSR count). The fourth-order valence-corrected chi connectivity index (χ4v) is 3.19. The molecule has 0 amide bonds. The summed E-state index contributed by atoms with van der Waals surface area (Å²) in [4.78, 5) is 13.4. The number of nitrogens with one attached hydrogen (secondary N) is 2. The van der Waals surface area contributed by atoms with Gasteiger partial charge in [0.15, 0.2) is 0 Å². The monoisotopic (exact) mass is 479 g/mol. The molecule has 0 spiro atoms. The predicted octanol–water partition coefficient (Wildman–Crippen LogP) is 5.75. The van der Waals surface area contributed by atoms with Crippen LogP contribution in [0.1, 0.15) is 20.3 Å². The first-order valence-electron chi connectivity index (χ1n) is 8.33. The molecule has 5 nitrogen and oxygen atoms in total. The third kappa shape index (κ3) is 4.82. The largest absolute Gasteiger partial charge is 0.352 e. The minimum Gasteiger partial charge on any atom is -0.352 e. The molecule has 0 fully saturated rings. The van der Waals surface area contributed by atoms with Crippen molar-refractivity contribution in [1.29, 1.82) is 0 Å². The second-order valence-corrected chi connectivity index (χ2v) is 7.56. The molecule has 2 heterocycles. The molecule has 7 heteroatoms. The highest BCUT2D eigenvalue weighted by atomic mass is 127. The number of benzene rings is 1. The summed E-state index contributed by atoms with van der Waals surface area (Å²) in [6.07, 6.45) is 4.51. The van der Waals surface area contributed by atoms with Crippen LogP contribution < -0.4 is 10.6 Å². The van der Waals surface area contributed by atoms with Gasteiger partial charge in [-0.2, -0.15) is 4.98 Å². The Morgan fingerprint density at radius 1 is 1.19 bits per heavy atom. The summed E-state index contributed by atoms with van der Waals surface area (Å²) in [6, 6.07) is 11.9. The van der Waals surface area contributed by atoms with Crippen LogP contribution in [0.25, 0.3) is 11.3 Å². The van der Waals surface area contributed by atoms with Crippen LogP contribution in [0.5, 0.6) is 0 Å². The average molecular weight is 480 g/mol. The molecule has 0 aliphatic rings. The summed E-state index contributed by atoms with van der Waals surface area (Å²) < 4.78 is 1.08. The molecule has 0 aliphatic carbocycles. The van der Waals surface area contributed by atoms with Crippen molar-refractivity contribution in [3.63, 3.8) is 0 Å². The maximum Gasteiger partial charge on any atom is 0.225 e. The van der Waals surface area contributed by atoms with Gasteiger partial charge < -0.3 is 10.6 Å². The van der Waals surface area contributed by atoms with Crippen molar-refractivity contribution in [2.75, 3.05) is 10.6 Å². The molecular weight excluding hydrogens is 461 g/mol. The molecule has 2 N–H and O–H groups in total. The number of hydrogen-bond donors (Lipinski definition) is 2. The van der Waals surface area contributed by atoms with Crippen LogP contribution in [-0.2, 0) is 0 Å². The average Bonchev–Trinajstić information content (AvgIpc) is 2.64. The first-order valence-corrected chi connectivity index (χ1v) is 9.79. The maximum atomic E-state index is 6.35. The molecule has 0 saturated carbocycles. The van der Waals surface area contributed by atoms with Crippen molar-refractivity contribution >= 4 is 51.6 Å². The normalized spacial score (nSPS) is 11.8. The Morgan fingerprint density at radius 3 is 2.73 bits per heavy atom. The summed E-state index contributed by atoms with van der Waals surface area (Å²) in [7, 11) is 0. The zero-order chi connectivity index (χ0) is 18.5. The van der Waals surface area contributed by atoms with E-state index in [-0.39, 0.29) is 6.04 Å². The topological polar surface area (TPSA) is 62.7 Å². The molecule has 0 aliphatic heterocycles. The van der Waals surface area contributed by atoms with Crippen molar-refractivity contribution in [2.45, 2.75) is 26.3 Å². The van der Waals surface area contributed by atoms with E-state index in [1.165, 1.54) is 0 Å². The smallest absolute Gasteiger partial charge is 0.225 e. The van der Waals surface area contributed by atoms with E-state index >= 15 is 0 Å². The van der Waals surface area contributed by atoms with E-state index in [9.17, 15) is 0 Å². The van der Waals surface area contributed by atoms with Gasteiger partial charge in [0.1, 0.15) is 5.82 Å². The van der Waals surface area contributed by atoms with Gasteiger partial charge in [0.2, 0.25) is 5.95 Å². The van der Waals surface area contributed by atoms with Crippen molar-refractivity contribution in [1.82, 2.24) is 15.0 Å². The minimum absolute atomic E-state index is 0.272. The number of nitrogens with zero attached hydrogens (tertiary/aromatic N) is 3. The van der Waals surface area contributed by atoms with Gasteiger partial charge in [-0.25, -0.2) is 4.98 Å². The number of halogens is 2. The standard InChI is InChI=1S/C19H19ClIN5/c1-3-12(2)23-19-25-17(13-5-4-8-22-11-13)10-18(26-19)24-16-7-6-14(21)9-15(16)20/h4-12H,3H2,1-2H3,(H2,23,24,25,26)/t12-/m0/s1. The molecule has 2 aromatic heterocycles. The van der Waals surface area contributed by atoms with Crippen molar-refractivity contribution in [3.05, 3.63) is 57.4 Å². The van der Waals surface area contributed by atoms with Gasteiger partial charge in [-0.1, -0.05) is 18.5 Å². The van der Waals surface area contributed by atoms with Crippen molar-refractivity contribution in [3.8, 4) is 11.3 Å². The molecule has 26 heavy (non-hydrogen) atoms. The second kappa shape index (κ2) is 8.64. The Labute approximate surface area is 171 Å². The SMILES string of the molecule is CC[C@H](C)Nc1nc(Nc2ccc(I)cc2Cl)cc(-c2cccnc2)n1. The van der Waals surface area contributed by atoms with Gasteiger partial charge in [-0.15, -0.1) is 0 Å².